The molecule has 2 atom stereocenters. The van der Waals surface area contributed by atoms with E-state index in [-0.39, 0.29) is 26.1 Å². The number of unbranched alkanes of at least 4 members (excludes halogenated alkanes) is 16. The van der Waals surface area contributed by atoms with Crippen LogP contribution in [0.4, 0.5) is 0 Å². The van der Waals surface area contributed by atoms with Crippen molar-refractivity contribution in [1.82, 2.24) is 0 Å². The second kappa shape index (κ2) is 41.8. The number of likely N-dealkylation sites (N-methyl/N-ethyl adjacent to an activating group) is 1. The maximum Gasteiger partial charge on any atom is 0.306 e. The van der Waals surface area contributed by atoms with Gasteiger partial charge < -0.3 is 27.9 Å². The third-order valence-electron chi connectivity index (χ3n) is 9.71. The Balaban J connectivity index is 4.36. The third-order valence-corrected chi connectivity index (χ3v) is 10.7. The standard InChI is InChI=1S/C50H88NO8P/c1-6-8-10-12-14-16-18-20-22-24-25-27-28-30-32-34-36-38-40-42-49(52)56-46-48(47-58-60(54,55)57-45-44-51(3,4)5)59-50(53)43-41-39-37-35-33-31-29-26-23-21-19-17-15-13-11-9-7-2/h9,11,14-17,20-23,29,31,48H,6-8,10,12-13,18-19,24-28,30,32-47H2,1-5H3/b11-9-,16-14-,17-15-,22-20-,23-21-,31-29-. The van der Waals surface area contributed by atoms with Crippen molar-refractivity contribution >= 4 is 19.8 Å². The van der Waals surface area contributed by atoms with Crippen LogP contribution in [0.3, 0.4) is 0 Å². The lowest BCUT2D eigenvalue weighted by atomic mass is 10.1. The minimum absolute atomic E-state index is 0.0401. The predicted octanol–water partition coefficient (Wildman–Crippen LogP) is 13.2. The molecule has 0 saturated carbocycles. The summed E-state index contributed by atoms with van der Waals surface area (Å²) in [6, 6.07) is 0. The van der Waals surface area contributed by atoms with Gasteiger partial charge >= 0.3 is 11.9 Å². The average Bonchev–Trinajstić information content (AvgIpc) is 3.20. The molecule has 0 fully saturated rings. The van der Waals surface area contributed by atoms with Crippen LogP contribution < -0.4 is 4.89 Å². The fourth-order valence-corrected chi connectivity index (χ4v) is 6.76. The molecule has 0 aliphatic rings. The first-order valence-corrected chi connectivity index (χ1v) is 25.1. The maximum absolute atomic E-state index is 12.7. The van der Waals surface area contributed by atoms with Gasteiger partial charge in [0.25, 0.3) is 7.82 Å². The number of nitrogens with zero attached hydrogens (tertiary/aromatic N) is 1. The lowest BCUT2D eigenvalue weighted by Gasteiger charge is -2.28. The van der Waals surface area contributed by atoms with E-state index in [1.54, 1.807) is 0 Å². The molecule has 0 aromatic rings. The molecule has 0 aliphatic carbocycles. The SMILES string of the molecule is CC/C=C\C/C=C\C/C=C\C/C=C\CCCCCCC(=O)OC(COC(=O)CCCCCCCCCCC/C=C\C/C=C\CCCCC)COP(=O)([O-])OCC[N+](C)(C)C. The average molecular weight is 862 g/mol. The summed E-state index contributed by atoms with van der Waals surface area (Å²) in [5.41, 5.74) is 0. The highest BCUT2D eigenvalue weighted by atomic mass is 31.2. The molecule has 10 heteroatoms. The number of hydrogen-bond donors (Lipinski definition) is 0. The second-order valence-electron chi connectivity index (χ2n) is 16.7. The zero-order chi connectivity index (χ0) is 44.3. The van der Waals surface area contributed by atoms with E-state index in [9.17, 15) is 19.0 Å². The Morgan fingerprint density at radius 1 is 0.533 bits per heavy atom. The number of hydrogen-bond acceptors (Lipinski definition) is 8. The molecule has 2 unspecified atom stereocenters. The highest BCUT2D eigenvalue weighted by molar-refractivity contribution is 7.45. The van der Waals surface area contributed by atoms with Gasteiger partial charge in [-0.2, -0.15) is 0 Å². The smallest absolute Gasteiger partial charge is 0.306 e. The highest BCUT2D eigenvalue weighted by Crippen LogP contribution is 2.38. The van der Waals surface area contributed by atoms with Crippen molar-refractivity contribution in [2.45, 2.75) is 187 Å². The summed E-state index contributed by atoms with van der Waals surface area (Å²) >= 11 is 0. The number of allylic oxidation sites excluding steroid dienone is 12. The first kappa shape index (κ1) is 57.4. The van der Waals surface area contributed by atoms with Gasteiger partial charge in [0.1, 0.15) is 19.8 Å². The van der Waals surface area contributed by atoms with Gasteiger partial charge in [-0.05, 0) is 83.5 Å². The van der Waals surface area contributed by atoms with Gasteiger partial charge in [0.2, 0.25) is 0 Å². The zero-order valence-corrected chi connectivity index (χ0v) is 39.8. The zero-order valence-electron chi connectivity index (χ0n) is 38.9. The molecule has 0 radical (unpaired) electrons. The van der Waals surface area contributed by atoms with E-state index in [4.69, 9.17) is 18.5 Å². The molecule has 0 heterocycles. The lowest BCUT2D eigenvalue weighted by molar-refractivity contribution is -0.870. The van der Waals surface area contributed by atoms with Crippen LogP contribution >= 0.6 is 7.82 Å². The Morgan fingerprint density at radius 2 is 0.950 bits per heavy atom. The van der Waals surface area contributed by atoms with E-state index in [2.05, 4.69) is 86.8 Å². The van der Waals surface area contributed by atoms with Crippen LogP contribution in [0.25, 0.3) is 0 Å². The summed E-state index contributed by atoms with van der Waals surface area (Å²) in [5, 5.41) is 0. The minimum Gasteiger partial charge on any atom is -0.756 e. The Kier molecular flexibility index (Phi) is 40.0. The van der Waals surface area contributed by atoms with Crippen molar-refractivity contribution in [2.75, 3.05) is 47.5 Å². The fraction of sp³-hybridized carbons (Fsp3) is 0.720. The number of carbonyl (C=O) groups is 2. The first-order valence-electron chi connectivity index (χ1n) is 23.6. The topological polar surface area (TPSA) is 111 Å². The van der Waals surface area contributed by atoms with Crippen molar-refractivity contribution in [3.8, 4) is 0 Å². The van der Waals surface area contributed by atoms with E-state index in [1.165, 1.54) is 57.8 Å². The van der Waals surface area contributed by atoms with Gasteiger partial charge in [0.05, 0.1) is 27.7 Å². The van der Waals surface area contributed by atoms with E-state index in [0.29, 0.717) is 17.4 Å². The summed E-state index contributed by atoms with van der Waals surface area (Å²) in [6.07, 6.45) is 52.1. The first-order chi connectivity index (χ1) is 29.0. The van der Waals surface area contributed by atoms with Crippen molar-refractivity contribution in [3.05, 3.63) is 72.9 Å². The van der Waals surface area contributed by atoms with Crippen LogP contribution in [0.2, 0.25) is 0 Å². The van der Waals surface area contributed by atoms with Crippen molar-refractivity contribution < 1.29 is 42.1 Å². The number of ether oxygens (including phenoxy) is 2. The summed E-state index contributed by atoms with van der Waals surface area (Å²) in [4.78, 5) is 37.6. The van der Waals surface area contributed by atoms with Gasteiger partial charge in [-0.15, -0.1) is 0 Å². The van der Waals surface area contributed by atoms with Gasteiger partial charge in [-0.25, -0.2) is 0 Å². The molecule has 0 bridgehead atoms. The summed E-state index contributed by atoms with van der Waals surface area (Å²) in [6.45, 7) is 4.05. The minimum atomic E-state index is -4.64. The van der Waals surface area contributed by atoms with Gasteiger partial charge in [0, 0.05) is 12.8 Å². The summed E-state index contributed by atoms with van der Waals surface area (Å²) in [5.74, 6) is -0.871. The monoisotopic (exact) mass is 862 g/mol. The predicted molar refractivity (Wildman–Crippen MR) is 249 cm³/mol. The van der Waals surface area contributed by atoms with E-state index in [1.807, 2.05) is 21.1 Å². The lowest BCUT2D eigenvalue weighted by Crippen LogP contribution is -2.37. The molecule has 60 heavy (non-hydrogen) atoms. The number of carbonyl (C=O) groups excluding carboxylic acids is 2. The quantitative estimate of drug-likeness (QED) is 0.0196. The van der Waals surface area contributed by atoms with Gasteiger partial charge in [-0.1, -0.05) is 157 Å². The molecule has 0 saturated heterocycles. The third kappa shape index (κ3) is 45.0. The molecule has 0 amide bonds. The van der Waals surface area contributed by atoms with Crippen molar-refractivity contribution in [1.29, 1.82) is 0 Å². The molecule has 0 aromatic heterocycles. The molecule has 0 N–H and O–H groups in total. The van der Waals surface area contributed by atoms with E-state index in [0.717, 1.165) is 89.9 Å². The molecule has 9 nitrogen and oxygen atoms in total. The maximum atomic E-state index is 12.7. The van der Waals surface area contributed by atoms with Crippen molar-refractivity contribution in [2.24, 2.45) is 0 Å². The molecule has 346 valence electrons. The summed E-state index contributed by atoms with van der Waals surface area (Å²) < 4.78 is 33.9. The van der Waals surface area contributed by atoms with E-state index < -0.39 is 32.5 Å². The van der Waals surface area contributed by atoms with Crippen LogP contribution in [-0.4, -0.2) is 70.0 Å². The number of phosphoric acid groups is 1. The molecule has 0 rings (SSSR count). The molecule has 0 aromatic carbocycles. The van der Waals surface area contributed by atoms with Crippen LogP contribution in [0.1, 0.15) is 181 Å². The molecule has 0 aliphatic heterocycles. The number of rotatable bonds is 42. The van der Waals surface area contributed by atoms with Gasteiger partial charge in [-0.3, -0.25) is 14.2 Å². The van der Waals surface area contributed by atoms with Crippen LogP contribution in [0, 0.1) is 0 Å². The molecule has 0 spiro atoms. The van der Waals surface area contributed by atoms with Crippen LogP contribution in [0.15, 0.2) is 72.9 Å². The van der Waals surface area contributed by atoms with Gasteiger partial charge in [0.15, 0.2) is 6.10 Å². The molecular formula is C50H88NO8P. The number of phosphoric ester groups is 1. The second-order valence-corrected chi connectivity index (χ2v) is 18.1. The normalized spacial score (nSPS) is 14.2. The van der Waals surface area contributed by atoms with Crippen LogP contribution in [0.5, 0.6) is 0 Å². The number of quaternary nitrogens is 1. The Morgan fingerprint density at radius 3 is 1.42 bits per heavy atom. The van der Waals surface area contributed by atoms with Crippen LogP contribution in [-0.2, 0) is 32.7 Å². The van der Waals surface area contributed by atoms with Crippen molar-refractivity contribution in [3.63, 3.8) is 0 Å². The Hall–Kier alpha value is -2.55. The molecular weight excluding hydrogens is 774 g/mol. The van der Waals surface area contributed by atoms with E-state index >= 15 is 0 Å². The Bertz CT molecular complexity index is 1250. The highest BCUT2D eigenvalue weighted by Gasteiger charge is 2.21. The summed E-state index contributed by atoms with van der Waals surface area (Å²) in [7, 11) is 1.13. The number of esters is 2. The largest absolute Gasteiger partial charge is 0.756 e. The fourth-order valence-electron chi connectivity index (χ4n) is 6.03. The Labute approximate surface area is 368 Å².